The molecule has 1 N–H and O–H groups in total. The van der Waals surface area contributed by atoms with Gasteiger partial charge in [0.05, 0.1) is 11.7 Å². The number of amides is 1. The van der Waals surface area contributed by atoms with Crippen molar-refractivity contribution in [1.82, 2.24) is 10.2 Å². The molecule has 4 nitrogen and oxygen atoms in total. The normalized spacial score (nSPS) is 15.6. The maximum atomic E-state index is 13.4. The molecule has 1 aromatic heterocycles. The van der Waals surface area contributed by atoms with Crippen molar-refractivity contribution in [2.24, 2.45) is 0 Å². The van der Waals surface area contributed by atoms with Crippen LogP contribution >= 0.6 is 27.5 Å². The summed E-state index contributed by atoms with van der Waals surface area (Å²) in [6.07, 6.45) is 0. The van der Waals surface area contributed by atoms with Gasteiger partial charge in [-0.15, -0.1) is 0 Å². The van der Waals surface area contributed by atoms with Crippen LogP contribution in [-0.4, -0.2) is 16.1 Å². The van der Waals surface area contributed by atoms with E-state index in [1.54, 1.807) is 17.0 Å². The molecule has 29 heavy (non-hydrogen) atoms. The molecule has 1 unspecified atom stereocenters. The monoisotopic (exact) mass is 463 g/mol. The predicted molar refractivity (Wildman–Crippen MR) is 118 cm³/mol. The van der Waals surface area contributed by atoms with Crippen molar-refractivity contribution >= 4 is 39.1 Å². The van der Waals surface area contributed by atoms with Crippen molar-refractivity contribution in [1.29, 1.82) is 0 Å². The molecule has 1 amide bonds. The molecule has 0 radical (unpaired) electrons. The van der Waals surface area contributed by atoms with Gasteiger partial charge in [0.2, 0.25) is 0 Å². The molecule has 1 atom stereocenters. The Morgan fingerprint density at radius 3 is 2.31 bits per heavy atom. The third kappa shape index (κ3) is 3.07. The molecule has 6 heteroatoms. The standard InChI is InChI=1S/C23H15BrClN3O/c24-16-8-6-14(7-9-16)20-19-21(27-26-20)23(29)28(18-12-10-17(25)11-13-18)22(19)15-4-2-1-3-5-15/h1-13,22H,(H,26,27). The van der Waals surface area contributed by atoms with Crippen molar-refractivity contribution < 1.29 is 4.79 Å². The second-order valence-corrected chi connectivity index (χ2v) is 8.18. The number of anilines is 1. The number of nitrogens with one attached hydrogen (secondary N) is 1. The van der Waals surface area contributed by atoms with Crippen LogP contribution in [0.1, 0.15) is 27.7 Å². The van der Waals surface area contributed by atoms with E-state index in [4.69, 9.17) is 11.6 Å². The third-order valence-corrected chi connectivity index (χ3v) is 5.89. The Bertz CT molecular complexity index is 1190. The van der Waals surface area contributed by atoms with Crippen LogP contribution in [0, 0.1) is 0 Å². The van der Waals surface area contributed by atoms with Crippen molar-refractivity contribution in [3.8, 4) is 11.3 Å². The highest BCUT2D eigenvalue weighted by atomic mass is 79.9. The fraction of sp³-hybridized carbons (Fsp3) is 0.0435. The first-order valence-corrected chi connectivity index (χ1v) is 10.3. The summed E-state index contributed by atoms with van der Waals surface area (Å²) < 4.78 is 0.993. The van der Waals surface area contributed by atoms with Crippen LogP contribution in [-0.2, 0) is 0 Å². The lowest BCUT2D eigenvalue weighted by atomic mass is 9.96. The van der Waals surface area contributed by atoms with Crippen LogP contribution < -0.4 is 4.90 Å². The van der Waals surface area contributed by atoms with Gasteiger partial charge in [-0.2, -0.15) is 5.10 Å². The van der Waals surface area contributed by atoms with Gasteiger partial charge in [-0.1, -0.05) is 70.0 Å². The van der Waals surface area contributed by atoms with Gasteiger partial charge >= 0.3 is 0 Å². The molecule has 0 spiro atoms. The summed E-state index contributed by atoms with van der Waals surface area (Å²) in [5, 5.41) is 8.11. The molecule has 0 bridgehead atoms. The van der Waals surface area contributed by atoms with E-state index in [1.165, 1.54) is 0 Å². The molecule has 0 aliphatic carbocycles. The minimum Gasteiger partial charge on any atom is -0.295 e. The van der Waals surface area contributed by atoms with Crippen LogP contribution in [0.4, 0.5) is 5.69 Å². The molecule has 5 rings (SSSR count). The van der Waals surface area contributed by atoms with Crippen LogP contribution in [0.5, 0.6) is 0 Å². The minimum absolute atomic E-state index is 0.105. The highest BCUT2D eigenvalue weighted by molar-refractivity contribution is 9.10. The first kappa shape index (κ1) is 18.2. The summed E-state index contributed by atoms with van der Waals surface area (Å²) >= 11 is 9.54. The quantitative estimate of drug-likeness (QED) is 0.390. The largest absolute Gasteiger partial charge is 0.295 e. The molecule has 3 aromatic carbocycles. The van der Waals surface area contributed by atoms with E-state index < -0.39 is 0 Å². The number of fused-ring (bicyclic) bond motifs is 1. The zero-order valence-corrected chi connectivity index (χ0v) is 17.5. The number of carbonyl (C=O) groups is 1. The fourth-order valence-electron chi connectivity index (χ4n) is 3.79. The highest BCUT2D eigenvalue weighted by Gasteiger charge is 2.42. The summed E-state index contributed by atoms with van der Waals surface area (Å²) in [6.45, 7) is 0. The number of H-pyrrole nitrogens is 1. The van der Waals surface area contributed by atoms with Crippen molar-refractivity contribution in [2.45, 2.75) is 6.04 Å². The summed E-state index contributed by atoms with van der Waals surface area (Å²) in [7, 11) is 0. The number of hydrogen-bond donors (Lipinski definition) is 1. The number of carbonyl (C=O) groups excluding carboxylic acids is 1. The Morgan fingerprint density at radius 2 is 1.62 bits per heavy atom. The van der Waals surface area contributed by atoms with Gasteiger partial charge in [0, 0.05) is 26.3 Å². The Hall–Kier alpha value is -2.89. The molecule has 0 saturated carbocycles. The third-order valence-electron chi connectivity index (χ3n) is 5.11. The summed E-state index contributed by atoms with van der Waals surface area (Å²) in [5.74, 6) is -0.105. The zero-order valence-electron chi connectivity index (χ0n) is 15.1. The summed E-state index contributed by atoms with van der Waals surface area (Å²) in [5.41, 5.74) is 4.96. The smallest absolute Gasteiger partial charge is 0.277 e. The highest BCUT2D eigenvalue weighted by Crippen LogP contribution is 2.45. The summed E-state index contributed by atoms with van der Waals surface area (Å²) in [4.78, 5) is 15.2. The van der Waals surface area contributed by atoms with E-state index in [0.717, 1.165) is 32.5 Å². The average molecular weight is 465 g/mol. The second kappa shape index (κ2) is 7.17. The predicted octanol–water partition coefficient (Wildman–Crippen LogP) is 6.24. The van der Waals surface area contributed by atoms with Gasteiger partial charge in [0.15, 0.2) is 0 Å². The molecule has 4 aromatic rings. The summed E-state index contributed by atoms with van der Waals surface area (Å²) in [6, 6.07) is 25.0. The lowest BCUT2D eigenvalue weighted by Crippen LogP contribution is -2.29. The molecular weight excluding hydrogens is 450 g/mol. The van der Waals surface area contributed by atoms with E-state index >= 15 is 0 Å². The van der Waals surface area contributed by atoms with Crippen molar-refractivity contribution in [2.75, 3.05) is 4.90 Å². The fourth-order valence-corrected chi connectivity index (χ4v) is 4.18. The number of hydrogen-bond acceptors (Lipinski definition) is 2. The van der Waals surface area contributed by atoms with Gasteiger partial charge in [-0.05, 0) is 42.0 Å². The van der Waals surface area contributed by atoms with E-state index in [0.29, 0.717) is 10.7 Å². The lowest BCUT2D eigenvalue weighted by Gasteiger charge is -2.26. The Labute approximate surface area is 181 Å². The Balaban J connectivity index is 1.71. The first-order chi connectivity index (χ1) is 14.1. The average Bonchev–Trinajstić information content (AvgIpc) is 3.29. The molecule has 0 saturated heterocycles. The number of benzene rings is 3. The number of nitrogens with zero attached hydrogens (tertiary/aromatic N) is 2. The first-order valence-electron chi connectivity index (χ1n) is 9.12. The van der Waals surface area contributed by atoms with E-state index in [1.807, 2.05) is 66.7 Å². The number of aromatic nitrogens is 2. The number of rotatable bonds is 3. The zero-order chi connectivity index (χ0) is 20.0. The lowest BCUT2D eigenvalue weighted by molar-refractivity contribution is 0.0989. The second-order valence-electron chi connectivity index (χ2n) is 6.83. The van der Waals surface area contributed by atoms with E-state index in [9.17, 15) is 4.79 Å². The van der Waals surface area contributed by atoms with Gasteiger partial charge in [0.1, 0.15) is 5.69 Å². The van der Waals surface area contributed by atoms with E-state index in [-0.39, 0.29) is 11.9 Å². The van der Waals surface area contributed by atoms with Gasteiger partial charge in [-0.25, -0.2) is 0 Å². The van der Waals surface area contributed by atoms with Crippen molar-refractivity contribution in [3.63, 3.8) is 0 Å². The van der Waals surface area contributed by atoms with Crippen LogP contribution in [0.25, 0.3) is 11.3 Å². The maximum Gasteiger partial charge on any atom is 0.277 e. The number of halogens is 2. The van der Waals surface area contributed by atoms with Gasteiger partial charge in [0.25, 0.3) is 5.91 Å². The minimum atomic E-state index is -0.280. The van der Waals surface area contributed by atoms with Crippen LogP contribution in [0.2, 0.25) is 5.02 Å². The van der Waals surface area contributed by atoms with Crippen molar-refractivity contribution in [3.05, 3.63) is 105 Å². The SMILES string of the molecule is O=C1c2[nH]nc(-c3ccc(Br)cc3)c2C(c2ccccc2)N1c1ccc(Cl)cc1. The van der Waals surface area contributed by atoms with Crippen LogP contribution in [0.3, 0.4) is 0 Å². The molecule has 0 fully saturated rings. The Kier molecular flexibility index (Phi) is 4.49. The maximum absolute atomic E-state index is 13.4. The number of aromatic amines is 1. The molecule has 142 valence electrons. The van der Waals surface area contributed by atoms with E-state index in [2.05, 4.69) is 26.1 Å². The van der Waals surface area contributed by atoms with Crippen LogP contribution in [0.15, 0.2) is 83.3 Å². The topological polar surface area (TPSA) is 49.0 Å². The molecule has 1 aliphatic rings. The van der Waals surface area contributed by atoms with Gasteiger partial charge in [-0.3, -0.25) is 14.8 Å². The van der Waals surface area contributed by atoms with Gasteiger partial charge < -0.3 is 0 Å². The molecular formula is C23H15BrClN3O. The molecule has 2 heterocycles. The Morgan fingerprint density at radius 1 is 0.931 bits per heavy atom. The molecule has 1 aliphatic heterocycles.